The third kappa shape index (κ3) is 5.52. The summed E-state index contributed by atoms with van der Waals surface area (Å²) in [6.45, 7) is 5.24. The van der Waals surface area contributed by atoms with Crippen LogP contribution in [0.4, 0.5) is 5.69 Å². The van der Waals surface area contributed by atoms with Gasteiger partial charge in [-0.2, -0.15) is 0 Å². The molecule has 1 aromatic carbocycles. The molecule has 3 aliphatic rings. The molecule has 2 fully saturated rings. The number of piperidine rings is 1. The average molecular weight is 457 g/mol. The van der Waals surface area contributed by atoms with Crippen LogP contribution in [0.25, 0.3) is 0 Å². The number of unbranched alkanes of at least 4 members (excludes halogenated alkanes) is 3. The molecule has 178 valence electrons. The Morgan fingerprint density at radius 1 is 1.03 bits per heavy atom. The smallest absolute Gasteiger partial charge is 0.303 e. The van der Waals surface area contributed by atoms with Crippen molar-refractivity contribution < 1.29 is 24.3 Å². The summed E-state index contributed by atoms with van der Waals surface area (Å²) >= 11 is 0. The highest BCUT2D eigenvalue weighted by Crippen LogP contribution is 2.31. The molecule has 0 radical (unpaired) electrons. The van der Waals surface area contributed by atoms with Gasteiger partial charge in [0.2, 0.25) is 11.8 Å². The topological polar surface area (TPSA) is 110 Å². The number of carboxylic acids is 1. The second-order valence-corrected chi connectivity index (χ2v) is 9.13. The number of rotatable bonds is 9. The SMILES string of the molecule is O=C(O)CCCCCCN1CCN(c2ccc3c(c2)CN(C2CCC(=O)NC2=O)C3=O)CC1. The Kier molecular flexibility index (Phi) is 7.27. The van der Waals surface area contributed by atoms with E-state index in [9.17, 15) is 19.2 Å². The number of nitrogens with zero attached hydrogens (tertiary/aromatic N) is 3. The van der Waals surface area contributed by atoms with Crippen LogP contribution in [0.1, 0.15) is 60.9 Å². The van der Waals surface area contributed by atoms with Crippen LogP contribution in [0, 0.1) is 0 Å². The molecule has 1 aromatic rings. The molecule has 0 bridgehead atoms. The van der Waals surface area contributed by atoms with E-state index in [-0.39, 0.29) is 30.6 Å². The molecule has 33 heavy (non-hydrogen) atoms. The zero-order chi connectivity index (χ0) is 23.4. The number of hydrogen-bond donors (Lipinski definition) is 2. The molecule has 9 heteroatoms. The van der Waals surface area contributed by atoms with Crippen LogP contribution in [0.5, 0.6) is 0 Å². The number of anilines is 1. The first-order chi connectivity index (χ1) is 15.9. The van der Waals surface area contributed by atoms with Crippen LogP contribution in [0.15, 0.2) is 18.2 Å². The van der Waals surface area contributed by atoms with E-state index in [2.05, 4.69) is 21.2 Å². The lowest BCUT2D eigenvalue weighted by molar-refractivity contribution is -0.138. The number of benzene rings is 1. The zero-order valence-corrected chi connectivity index (χ0v) is 18.9. The standard InChI is InChI=1S/C24H32N4O5/c29-21-9-8-20(23(32)25-21)28-16-17-15-18(6-7-19(17)24(28)33)27-13-11-26(12-14-27)10-4-2-1-3-5-22(30)31/h6-7,15,20H,1-5,8-14,16H2,(H,30,31)(H,25,29,32). The third-order valence-corrected chi connectivity index (χ3v) is 6.86. The first-order valence-electron chi connectivity index (χ1n) is 11.9. The monoisotopic (exact) mass is 456 g/mol. The van der Waals surface area contributed by atoms with Crippen LogP contribution >= 0.6 is 0 Å². The van der Waals surface area contributed by atoms with Crippen molar-refractivity contribution in [3.05, 3.63) is 29.3 Å². The van der Waals surface area contributed by atoms with Gasteiger partial charge in [-0.1, -0.05) is 12.8 Å². The van der Waals surface area contributed by atoms with E-state index < -0.39 is 12.0 Å². The van der Waals surface area contributed by atoms with Gasteiger partial charge in [0.05, 0.1) is 0 Å². The minimum absolute atomic E-state index is 0.140. The molecule has 3 heterocycles. The second kappa shape index (κ2) is 10.3. The highest BCUT2D eigenvalue weighted by Gasteiger charge is 2.39. The first-order valence-corrected chi connectivity index (χ1v) is 11.9. The fraction of sp³-hybridized carbons (Fsp3) is 0.583. The summed E-state index contributed by atoms with van der Waals surface area (Å²) in [5, 5.41) is 11.0. The molecule has 3 amide bonds. The number of aliphatic carboxylic acids is 1. The molecule has 2 saturated heterocycles. The molecule has 4 rings (SSSR count). The van der Waals surface area contributed by atoms with Crippen molar-refractivity contribution in [1.82, 2.24) is 15.1 Å². The van der Waals surface area contributed by atoms with Crippen LogP contribution in [0.2, 0.25) is 0 Å². The summed E-state index contributed by atoms with van der Waals surface area (Å²) in [4.78, 5) is 53.5. The Balaban J connectivity index is 1.26. The molecule has 0 aliphatic carbocycles. The van der Waals surface area contributed by atoms with Crippen molar-refractivity contribution in [3.8, 4) is 0 Å². The largest absolute Gasteiger partial charge is 0.481 e. The average Bonchev–Trinajstić information content (AvgIpc) is 3.12. The van der Waals surface area contributed by atoms with Gasteiger partial charge >= 0.3 is 5.97 Å². The molecule has 2 N–H and O–H groups in total. The number of nitrogens with one attached hydrogen (secondary N) is 1. The van der Waals surface area contributed by atoms with Crippen LogP contribution in [-0.4, -0.2) is 77.4 Å². The lowest BCUT2D eigenvalue weighted by Crippen LogP contribution is -2.52. The Hall–Kier alpha value is -2.94. The summed E-state index contributed by atoms with van der Waals surface area (Å²) in [7, 11) is 0. The van der Waals surface area contributed by atoms with Gasteiger partial charge in [-0.05, 0) is 49.6 Å². The number of piperazine rings is 1. The van der Waals surface area contributed by atoms with E-state index in [1.807, 2.05) is 12.1 Å². The van der Waals surface area contributed by atoms with Crippen molar-refractivity contribution in [2.24, 2.45) is 0 Å². The highest BCUT2D eigenvalue weighted by molar-refractivity contribution is 6.05. The Morgan fingerprint density at radius 2 is 1.79 bits per heavy atom. The molecule has 9 nitrogen and oxygen atoms in total. The van der Waals surface area contributed by atoms with Crippen LogP contribution < -0.4 is 10.2 Å². The molecule has 3 aliphatic heterocycles. The molecular weight excluding hydrogens is 424 g/mol. The number of hydrogen-bond acceptors (Lipinski definition) is 6. The normalized spacial score (nSPS) is 21.3. The zero-order valence-electron chi connectivity index (χ0n) is 18.9. The number of carbonyl (C=O) groups excluding carboxylic acids is 3. The maximum atomic E-state index is 12.9. The van der Waals surface area contributed by atoms with Gasteiger partial charge in [0.15, 0.2) is 0 Å². The number of amides is 3. The number of carboxylic acid groups (broad SMARTS) is 1. The summed E-state index contributed by atoms with van der Waals surface area (Å²) < 4.78 is 0. The van der Waals surface area contributed by atoms with E-state index in [1.54, 1.807) is 4.90 Å². The molecular formula is C24H32N4O5. The third-order valence-electron chi connectivity index (χ3n) is 6.86. The van der Waals surface area contributed by atoms with Crippen LogP contribution in [0.3, 0.4) is 0 Å². The maximum Gasteiger partial charge on any atom is 0.303 e. The fourth-order valence-electron chi connectivity index (χ4n) is 4.95. The summed E-state index contributed by atoms with van der Waals surface area (Å²) in [6, 6.07) is 5.33. The summed E-state index contributed by atoms with van der Waals surface area (Å²) in [6.07, 6.45) is 4.77. The first kappa shape index (κ1) is 23.2. The number of imide groups is 1. The summed E-state index contributed by atoms with van der Waals surface area (Å²) in [5.74, 6) is -1.52. The Morgan fingerprint density at radius 3 is 2.52 bits per heavy atom. The van der Waals surface area contributed by atoms with Crippen molar-refractivity contribution in [2.45, 2.75) is 57.5 Å². The van der Waals surface area contributed by atoms with E-state index >= 15 is 0 Å². The van der Waals surface area contributed by atoms with E-state index in [0.29, 0.717) is 18.5 Å². The van der Waals surface area contributed by atoms with Gasteiger partial charge in [0, 0.05) is 56.8 Å². The van der Waals surface area contributed by atoms with Crippen molar-refractivity contribution in [3.63, 3.8) is 0 Å². The van der Waals surface area contributed by atoms with E-state index in [4.69, 9.17) is 5.11 Å². The molecule has 0 aromatic heterocycles. The van der Waals surface area contributed by atoms with Crippen molar-refractivity contribution >= 4 is 29.4 Å². The summed E-state index contributed by atoms with van der Waals surface area (Å²) in [5.41, 5.74) is 2.68. The van der Waals surface area contributed by atoms with Gasteiger partial charge in [-0.15, -0.1) is 0 Å². The van der Waals surface area contributed by atoms with Gasteiger partial charge in [-0.3, -0.25) is 29.4 Å². The van der Waals surface area contributed by atoms with Gasteiger partial charge < -0.3 is 14.9 Å². The van der Waals surface area contributed by atoms with Crippen molar-refractivity contribution in [1.29, 1.82) is 0 Å². The van der Waals surface area contributed by atoms with Gasteiger partial charge in [-0.25, -0.2) is 0 Å². The predicted molar refractivity (Wildman–Crippen MR) is 122 cm³/mol. The number of fused-ring (bicyclic) bond motifs is 1. The molecule has 0 spiro atoms. The second-order valence-electron chi connectivity index (χ2n) is 9.13. The predicted octanol–water partition coefficient (Wildman–Crippen LogP) is 1.60. The van der Waals surface area contributed by atoms with Crippen molar-refractivity contribution in [2.75, 3.05) is 37.6 Å². The lowest BCUT2D eigenvalue weighted by Gasteiger charge is -2.36. The fourth-order valence-corrected chi connectivity index (χ4v) is 4.95. The van der Waals surface area contributed by atoms with E-state index in [0.717, 1.165) is 69.7 Å². The molecule has 1 unspecified atom stereocenters. The Labute approximate surface area is 193 Å². The minimum atomic E-state index is -0.717. The maximum absolute atomic E-state index is 12.9. The molecule has 1 atom stereocenters. The quantitative estimate of drug-likeness (QED) is 0.429. The van der Waals surface area contributed by atoms with Gasteiger partial charge in [0.25, 0.3) is 5.91 Å². The van der Waals surface area contributed by atoms with Gasteiger partial charge in [0.1, 0.15) is 6.04 Å². The molecule has 0 saturated carbocycles. The lowest BCUT2D eigenvalue weighted by atomic mass is 10.0. The number of carbonyl (C=O) groups is 4. The highest BCUT2D eigenvalue weighted by atomic mass is 16.4. The van der Waals surface area contributed by atoms with E-state index in [1.165, 1.54) is 0 Å². The van der Waals surface area contributed by atoms with Crippen LogP contribution in [-0.2, 0) is 20.9 Å². The Bertz CT molecular complexity index is 925. The minimum Gasteiger partial charge on any atom is -0.481 e.